The van der Waals surface area contributed by atoms with E-state index in [9.17, 15) is 18.8 Å². The molecule has 0 spiro atoms. The minimum absolute atomic E-state index is 0.0388. The molecule has 3 N–H and O–H groups in total. The van der Waals surface area contributed by atoms with E-state index in [-0.39, 0.29) is 28.4 Å². The monoisotopic (exact) mass is 317 g/mol. The number of amides is 2. The van der Waals surface area contributed by atoms with E-state index in [1.54, 1.807) is 6.92 Å². The molecule has 0 radical (unpaired) electrons. The molecule has 0 saturated heterocycles. The summed E-state index contributed by atoms with van der Waals surface area (Å²) in [5, 5.41) is 2.06. The lowest BCUT2D eigenvalue weighted by Crippen LogP contribution is -2.24. The molecule has 1 aliphatic heterocycles. The largest absolute Gasteiger partial charge is 0.491 e. The maximum absolute atomic E-state index is 14.0. The van der Waals surface area contributed by atoms with Gasteiger partial charge in [0.05, 0.1) is 23.4 Å². The van der Waals surface area contributed by atoms with Gasteiger partial charge in [-0.1, -0.05) is 0 Å². The summed E-state index contributed by atoms with van der Waals surface area (Å²) in [4.78, 5) is 35.6. The number of nitrogens with zero attached hydrogens (tertiary/aromatic N) is 1. The van der Waals surface area contributed by atoms with Gasteiger partial charge in [0.25, 0.3) is 17.4 Å². The number of halogens is 1. The second-order valence-electron chi connectivity index (χ2n) is 4.82. The van der Waals surface area contributed by atoms with E-state index in [1.165, 1.54) is 12.1 Å². The molecule has 2 amide bonds. The van der Waals surface area contributed by atoms with Gasteiger partial charge in [0.15, 0.2) is 11.6 Å². The molecule has 0 fully saturated rings. The lowest BCUT2D eigenvalue weighted by Gasteiger charge is -2.13. The minimum atomic E-state index is -0.692. The molecule has 0 saturated carbocycles. The average molecular weight is 317 g/mol. The number of fused-ring (bicyclic) bond motifs is 1. The lowest BCUT2D eigenvalue weighted by atomic mass is 10.1. The van der Waals surface area contributed by atoms with E-state index in [2.05, 4.69) is 5.32 Å². The first-order valence-electron chi connectivity index (χ1n) is 6.78. The van der Waals surface area contributed by atoms with E-state index >= 15 is 0 Å². The van der Waals surface area contributed by atoms with Crippen molar-refractivity contribution >= 4 is 17.6 Å². The molecular formula is C15H12FN3O4. The summed E-state index contributed by atoms with van der Waals surface area (Å²) in [6, 6.07) is 4.87. The number of carbonyl (C=O) groups is 2. The van der Waals surface area contributed by atoms with Crippen LogP contribution in [0.5, 0.6) is 5.75 Å². The van der Waals surface area contributed by atoms with Gasteiger partial charge in [0.1, 0.15) is 5.82 Å². The number of nitrogens with one attached hydrogen (secondary N) is 1. The predicted octanol–water partition coefficient (Wildman–Crippen LogP) is 0.841. The first-order valence-corrected chi connectivity index (χ1v) is 6.78. The van der Waals surface area contributed by atoms with Crippen molar-refractivity contribution in [2.75, 3.05) is 12.3 Å². The van der Waals surface area contributed by atoms with E-state index in [0.29, 0.717) is 6.61 Å². The molecule has 8 heteroatoms. The quantitative estimate of drug-likeness (QED) is 0.817. The Kier molecular flexibility index (Phi) is 3.36. The van der Waals surface area contributed by atoms with E-state index in [4.69, 9.17) is 10.5 Å². The van der Waals surface area contributed by atoms with E-state index < -0.39 is 23.2 Å². The van der Waals surface area contributed by atoms with Crippen LogP contribution >= 0.6 is 0 Å². The molecule has 0 bridgehead atoms. The van der Waals surface area contributed by atoms with Crippen LogP contribution in [0, 0.1) is 5.82 Å². The van der Waals surface area contributed by atoms with Crippen molar-refractivity contribution in [3.63, 3.8) is 0 Å². The molecule has 1 aromatic heterocycles. The fraction of sp³-hybridized carbons (Fsp3) is 0.133. The maximum atomic E-state index is 14.0. The second-order valence-corrected chi connectivity index (χ2v) is 4.82. The normalized spacial score (nSPS) is 13.0. The van der Waals surface area contributed by atoms with Crippen molar-refractivity contribution < 1.29 is 18.7 Å². The van der Waals surface area contributed by atoms with Gasteiger partial charge < -0.3 is 10.5 Å². The van der Waals surface area contributed by atoms with Gasteiger partial charge >= 0.3 is 0 Å². The Labute approximate surface area is 129 Å². The van der Waals surface area contributed by atoms with Crippen LogP contribution in [0.15, 0.2) is 29.1 Å². The third kappa shape index (κ3) is 2.24. The zero-order valence-corrected chi connectivity index (χ0v) is 12.1. The highest BCUT2D eigenvalue weighted by Gasteiger charge is 2.31. The summed E-state index contributed by atoms with van der Waals surface area (Å²) in [6.07, 6.45) is 0. The third-order valence-corrected chi connectivity index (χ3v) is 3.43. The Hall–Kier alpha value is -3.16. The van der Waals surface area contributed by atoms with Gasteiger partial charge in [-0.3, -0.25) is 24.3 Å². The first kappa shape index (κ1) is 14.8. The summed E-state index contributed by atoms with van der Waals surface area (Å²) < 4.78 is 20.0. The Morgan fingerprint density at radius 2 is 1.96 bits per heavy atom. The standard InChI is InChI=1S/C15H12FN3O4/c1-2-23-10-4-3-7(5-9(10)16)19-11(20)6-8-12(13(19)17)15(22)18-14(8)21/h3-6H,2,17H2,1H3,(H,18,21,22). The summed E-state index contributed by atoms with van der Waals surface area (Å²) in [6.45, 7) is 2.01. The molecule has 7 nitrogen and oxygen atoms in total. The van der Waals surface area contributed by atoms with Gasteiger partial charge in [0, 0.05) is 12.1 Å². The second kappa shape index (κ2) is 5.24. The zero-order chi connectivity index (χ0) is 16.7. The smallest absolute Gasteiger partial charge is 0.262 e. The molecule has 23 heavy (non-hydrogen) atoms. The average Bonchev–Trinajstić information content (AvgIpc) is 2.76. The number of nitrogens with two attached hydrogens (primary N) is 1. The molecule has 0 atom stereocenters. The molecule has 0 aliphatic carbocycles. The summed E-state index contributed by atoms with van der Waals surface area (Å²) in [5.74, 6) is -2.23. The number of benzene rings is 1. The Bertz CT molecular complexity index is 904. The Morgan fingerprint density at radius 1 is 1.22 bits per heavy atom. The zero-order valence-electron chi connectivity index (χ0n) is 12.1. The highest BCUT2D eigenvalue weighted by Crippen LogP contribution is 2.25. The molecule has 0 unspecified atom stereocenters. The molecule has 2 heterocycles. The number of ether oxygens (including phenoxy) is 1. The number of hydrogen-bond acceptors (Lipinski definition) is 5. The topological polar surface area (TPSA) is 103 Å². The number of hydrogen-bond donors (Lipinski definition) is 2. The minimum Gasteiger partial charge on any atom is -0.491 e. The molecule has 2 aromatic rings. The van der Waals surface area contributed by atoms with Gasteiger partial charge in [0.2, 0.25) is 0 Å². The van der Waals surface area contributed by atoms with Crippen molar-refractivity contribution in [3.8, 4) is 11.4 Å². The van der Waals surface area contributed by atoms with Crippen LogP contribution in [0.25, 0.3) is 5.69 Å². The highest BCUT2D eigenvalue weighted by molar-refractivity contribution is 6.23. The number of nitrogen functional groups attached to an aromatic ring is 1. The first-order chi connectivity index (χ1) is 10.9. The fourth-order valence-electron chi connectivity index (χ4n) is 2.45. The van der Waals surface area contributed by atoms with E-state index in [0.717, 1.165) is 16.7 Å². The van der Waals surface area contributed by atoms with Crippen molar-refractivity contribution in [3.05, 3.63) is 51.6 Å². The van der Waals surface area contributed by atoms with Gasteiger partial charge in [-0.05, 0) is 19.1 Å². The summed E-state index contributed by atoms with van der Waals surface area (Å²) >= 11 is 0. The summed E-state index contributed by atoms with van der Waals surface area (Å²) in [7, 11) is 0. The number of anilines is 1. The van der Waals surface area contributed by atoms with Crippen LogP contribution in [-0.4, -0.2) is 23.0 Å². The third-order valence-electron chi connectivity index (χ3n) is 3.43. The Morgan fingerprint density at radius 3 is 2.61 bits per heavy atom. The van der Waals surface area contributed by atoms with Gasteiger partial charge in [-0.15, -0.1) is 0 Å². The predicted molar refractivity (Wildman–Crippen MR) is 79.4 cm³/mol. The molecule has 1 aromatic carbocycles. The maximum Gasteiger partial charge on any atom is 0.262 e. The number of pyridine rings is 1. The van der Waals surface area contributed by atoms with E-state index in [1.807, 2.05) is 0 Å². The van der Waals surface area contributed by atoms with Crippen LogP contribution in [0.3, 0.4) is 0 Å². The Balaban J connectivity index is 2.20. The van der Waals surface area contributed by atoms with Crippen LogP contribution in [-0.2, 0) is 0 Å². The fourth-order valence-corrected chi connectivity index (χ4v) is 2.45. The van der Waals surface area contributed by atoms with Crippen molar-refractivity contribution in [1.29, 1.82) is 0 Å². The van der Waals surface area contributed by atoms with Crippen LogP contribution in [0.2, 0.25) is 0 Å². The number of aromatic nitrogens is 1. The van der Waals surface area contributed by atoms with Crippen molar-refractivity contribution in [1.82, 2.24) is 9.88 Å². The molecular weight excluding hydrogens is 305 g/mol. The number of rotatable bonds is 3. The van der Waals surface area contributed by atoms with Gasteiger partial charge in [-0.25, -0.2) is 4.39 Å². The molecule has 118 valence electrons. The molecule has 3 rings (SSSR count). The van der Waals surface area contributed by atoms with Crippen LogP contribution in [0.4, 0.5) is 10.2 Å². The molecule has 1 aliphatic rings. The highest BCUT2D eigenvalue weighted by atomic mass is 19.1. The van der Waals surface area contributed by atoms with Crippen molar-refractivity contribution in [2.24, 2.45) is 0 Å². The van der Waals surface area contributed by atoms with Crippen LogP contribution in [0.1, 0.15) is 27.6 Å². The number of carbonyl (C=O) groups excluding carboxylic acids is 2. The number of imide groups is 1. The lowest BCUT2D eigenvalue weighted by molar-refractivity contribution is 0.0880. The SMILES string of the molecule is CCOc1ccc(-n2c(N)c3c(cc2=O)C(=O)NC3=O)cc1F. The van der Waals surface area contributed by atoms with Crippen LogP contribution < -0.4 is 21.3 Å². The summed E-state index contributed by atoms with van der Waals surface area (Å²) in [5.41, 5.74) is 5.17. The van der Waals surface area contributed by atoms with Gasteiger partial charge in [-0.2, -0.15) is 0 Å². The van der Waals surface area contributed by atoms with Crippen molar-refractivity contribution in [2.45, 2.75) is 6.92 Å².